The molecule has 0 unspecified atom stereocenters. The van der Waals surface area contributed by atoms with Crippen molar-refractivity contribution in [3.05, 3.63) is 18.3 Å². The maximum atomic E-state index is 12.2. The van der Waals surface area contributed by atoms with Crippen molar-refractivity contribution in [2.75, 3.05) is 16.8 Å². The maximum Gasteiger partial charge on any atom is 0.320 e. The van der Waals surface area contributed by atoms with Crippen molar-refractivity contribution in [1.82, 2.24) is 10.3 Å². The van der Waals surface area contributed by atoms with E-state index in [1.54, 1.807) is 17.2 Å². The number of urea groups is 1. The molecule has 1 aliphatic heterocycles. The molecule has 6 heteroatoms. The minimum absolute atomic E-state index is 0.0868. The van der Waals surface area contributed by atoms with Crippen molar-refractivity contribution < 1.29 is 9.59 Å². The summed E-state index contributed by atoms with van der Waals surface area (Å²) in [4.78, 5) is 30.0. The predicted octanol–water partition coefficient (Wildman–Crippen LogP) is 2.66. The zero-order valence-corrected chi connectivity index (χ0v) is 12.7. The van der Waals surface area contributed by atoms with E-state index in [9.17, 15) is 9.59 Å². The zero-order chi connectivity index (χ0) is 15.4. The number of amides is 3. The third-order valence-corrected chi connectivity index (χ3v) is 4.32. The summed E-state index contributed by atoms with van der Waals surface area (Å²) in [5.41, 5.74) is 0.684. The van der Waals surface area contributed by atoms with E-state index in [-0.39, 0.29) is 18.0 Å². The quantitative estimate of drug-likeness (QED) is 0.901. The van der Waals surface area contributed by atoms with Gasteiger partial charge in [-0.2, -0.15) is 0 Å². The normalized spacial score (nSPS) is 19.3. The molecule has 0 atom stereocenters. The number of nitrogens with zero attached hydrogens (tertiary/aromatic N) is 2. The number of pyridine rings is 1. The van der Waals surface area contributed by atoms with E-state index >= 15 is 0 Å². The number of carbonyl (C=O) groups is 2. The molecule has 2 N–H and O–H groups in total. The van der Waals surface area contributed by atoms with E-state index < -0.39 is 0 Å². The molecule has 1 saturated heterocycles. The second kappa shape index (κ2) is 6.77. The lowest BCUT2D eigenvalue weighted by molar-refractivity contribution is -0.117. The summed E-state index contributed by atoms with van der Waals surface area (Å²) < 4.78 is 0. The lowest BCUT2D eigenvalue weighted by atomic mass is 9.96. The Hall–Kier alpha value is -2.11. The molecular formula is C16H22N4O2. The Bertz CT molecular complexity index is 555. The number of carbonyl (C=O) groups excluding carboxylic acids is 2. The first kappa shape index (κ1) is 14.8. The highest BCUT2D eigenvalue weighted by molar-refractivity contribution is 6.00. The summed E-state index contributed by atoms with van der Waals surface area (Å²) in [5, 5.41) is 5.80. The van der Waals surface area contributed by atoms with Crippen LogP contribution in [0.4, 0.5) is 16.3 Å². The summed E-state index contributed by atoms with van der Waals surface area (Å²) >= 11 is 0. The van der Waals surface area contributed by atoms with Crippen LogP contribution in [0.15, 0.2) is 18.3 Å². The second-order valence-corrected chi connectivity index (χ2v) is 5.95. The summed E-state index contributed by atoms with van der Waals surface area (Å²) in [6, 6.07) is 3.62. The minimum atomic E-state index is -0.238. The summed E-state index contributed by atoms with van der Waals surface area (Å²) in [6.45, 7) is 0.684. The van der Waals surface area contributed by atoms with Crippen LogP contribution in [0.2, 0.25) is 0 Å². The largest absolute Gasteiger partial charge is 0.335 e. The average Bonchev–Trinajstić information content (AvgIpc) is 2.95. The Labute approximate surface area is 130 Å². The molecule has 0 radical (unpaired) electrons. The molecule has 3 amide bonds. The molecule has 2 aliphatic rings. The van der Waals surface area contributed by atoms with Gasteiger partial charge in [0.25, 0.3) is 0 Å². The van der Waals surface area contributed by atoms with Crippen LogP contribution in [0, 0.1) is 0 Å². The van der Waals surface area contributed by atoms with Gasteiger partial charge in [0.05, 0.1) is 5.69 Å². The fourth-order valence-electron chi connectivity index (χ4n) is 3.19. The Morgan fingerprint density at radius 1 is 1.23 bits per heavy atom. The third kappa shape index (κ3) is 3.37. The van der Waals surface area contributed by atoms with E-state index in [0.29, 0.717) is 24.5 Å². The molecule has 1 saturated carbocycles. The SMILES string of the molecule is O=C(Nc1ncccc1N1CCCC1=O)NC1CCCCC1. The standard InChI is InChI=1S/C16H22N4O2/c21-14-9-5-11-20(14)13-8-4-10-17-15(13)19-16(22)18-12-6-2-1-3-7-12/h4,8,10,12H,1-3,5-7,9,11H2,(H2,17,18,19,22). The van der Waals surface area contributed by atoms with Gasteiger partial charge in [0.15, 0.2) is 5.82 Å². The van der Waals surface area contributed by atoms with Gasteiger partial charge in [0.1, 0.15) is 0 Å². The highest BCUT2D eigenvalue weighted by atomic mass is 16.2. The lowest BCUT2D eigenvalue weighted by Crippen LogP contribution is -2.39. The highest BCUT2D eigenvalue weighted by Crippen LogP contribution is 2.27. The molecule has 0 spiro atoms. The van der Waals surface area contributed by atoms with Crippen LogP contribution in [0.25, 0.3) is 0 Å². The monoisotopic (exact) mass is 302 g/mol. The molecule has 0 aromatic carbocycles. The van der Waals surface area contributed by atoms with Gasteiger partial charge in [-0.1, -0.05) is 19.3 Å². The van der Waals surface area contributed by atoms with Gasteiger partial charge < -0.3 is 10.2 Å². The molecular weight excluding hydrogens is 280 g/mol. The van der Waals surface area contributed by atoms with Gasteiger partial charge in [-0.25, -0.2) is 9.78 Å². The molecule has 1 aromatic rings. The van der Waals surface area contributed by atoms with Crippen LogP contribution in [-0.4, -0.2) is 29.5 Å². The van der Waals surface area contributed by atoms with Crippen molar-refractivity contribution in [3.63, 3.8) is 0 Å². The fourth-order valence-corrected chi connectivity index (χ4v) is 3.19. The molecule has 0 bridgehead atoms. The van der Waals surface area contributed by atoms with Crippen molar-refractivity contribution in [3.8, 4) is 0 Å². The van der Waals surface area contributed by atoms with Crippen LogP contribution >= 0.6 is 0 Å². The average molecular weight is 302 g/mol. The number of anilines is 2. The zero-order valence-electron chi connectivity index (χ0n) is 12.7. The van der Waals surface area contributed by atoms with Gasteiger partial charge in [0.2, 0.25) is 5.91 Å². The van der Waals surface area contributed by atoms with Gasteiger partial charge in [-0.3, -0.25) is 10.1 Å². The third-order valence-electron chi connectivity index (χ3n) is 4.32. The summed E-state index contributed by atoms with van der Waals surface area (Å²) in [7, 11) is 0. The molecule has 2 fully saturated rings. The van der Waals surface area contributed by atoms with Crippen molar-refractivity contribution in [2.45, 2.75) is 51.0 Å². The van der Waals surface area contributed by atoms with Crippen LogP contribution in [0.1, 0.15) is 44.9 Å². The van der Waals surface area contributed by atoms with Crippen LogP contribution in [-0.2, 0) is 4.79 Å². The number of rotatable bonds is 3. The Morgan fingerprint density at radius 2 is 2.05 bits per heavy atom. The van der Waals surface area contributed by atoms with Crippen LogP contribution < -0.4 is 15.5 Å². The minimum Gasteiger partial charge on any atom is -0.335 e. The number of aromatic nitrogens is 1. The predicted molar refractivity (Wildman–Crippen MR) is 84.9 cm³/mol. The van der Waals surface area contributed by atoms with E-state index in [0.717, 1.165) is 19.3 Å². The molecule has 2 heterocycles. The fraction of sp³-hybridized carbons (Fsp3) is 0.562. The van der Waals surface area contributed by atoms with Gasteiger partial charge in [0, 0.05) is 25.2 Å². The molecule has 118 valence electrons. The van der Waals surface area contributed by atoms with E-state index in [1.165, 1.54) is 19.3 Å². The molecule has 1 aromatic heterocycles. The molecule has 6 nitrogen and oxygen atoms in total. The first-order valence-electron chi connectivity index (χ1n) is 8.07. The van der Waals surface area contributed by atoms with Gasteiger partial charge >= 0.3 is 6.03 Å². The first-order chi connectivity index (χ1) is 10.7. The summed E-state index contributed by atoms with van der Waals surface area (Å²) in [5.74, 6) is 0.537. The van der Waals surface area contributed by atoms with Crippen molar-refractivity contribution in [1.29, 1.82) is 0 Å². The first-order valence-corrected chi connectivity index (χ1v) is 8.07. The second-order valence-electron chi connectivity index (χ2n) is 5.95. The Morgan fingerprint density at radius 3 is 2.77 bits per heavy atom. The van der Waals surface area contributed by atoms with Gasteiger partial charge in [-0.15, -0.1) is 0 Å². The summed E-state index contributed by atoms with van der Waals surface area (Å²) in [6.07, 6.45) is 8.69. The Kier molecular flexibility index (Phi) is 4.56. The molecule has 1 aliphatic carbocycles. The van der Waals surface area contributed by atoms with Crippen molar-refractivity contribution >= 4 is 23.4 Å². The number of hydrogen-bond acceptors (Lipinski definition) is 3. The van der Waals surface area contributed by atoms with E-state index in [2.05, 4.69) is 15.6 Å². The number of nitrogens with one attached hydrogen (secondary N) is 2. The van der Waals surface area contributed by atoms with E-state index in [1.807, 2.05) is 6.07 Å². The lowest BCUT2D eigenvalue weighted by Gasteiger charge is -2.24. The van der Waals surface area contributed by atoms with Crippen LogP contribution in [0.5, 0.6) is 0 Å². The highest BCUT2D eigenvalue weighted by Gasteiger charge is 2.25. The smallest absolute Gasteiger partial charge is 0.320 e. The number of hydrogen-bond donors (Lipinski definition) is 2. The van der Waals surface area contributed by atoms with Gasteiger partial charge in [-0.05, 0) is 31.4 Å². The maximum absolute atomic E-state index is 12.2. The van der Waals surface area contributed by atoms with E-state index in [4.69, 9.17) is 0 Å². The topological polar surface area (TPSA) is 74.3 Å². The Balaban J connectivity index is 1.66. The van der Waals surface area contributed by atoms with Crippen molar-refractivity contribution in [2.24, 2.45) is 0 Å². The molecule has 3 rings (SSSR count). The molecule has 22 heavy (non-hydrogen) atoms. The van der Waals surface area contributed by atoms with Crippen LogP contribution in [0.3, 0.4) is 0 Å².